The Kier molecular flexibility index (Phi) is 6.04. The summed E-state index contributed by atoms with van der Waals surface area (Å²) in [6.07, 6.45) is 4.84. The maximum absolute atomic E-state index is 12.5. The lowest BCUT2D eigenvalue weighted by atomic mass is 9.98. The molecule has 1 aromatic carbocycles. The Labute approximate surface area is 154 Å². The van der Waals surface area contributed by atoms with E-state index in [9.17, 15) is 14.4 Å². The van der Waals surface area contributed by atoms with Crippen molar-refractivity contribution in [3.05, 3.63) is 35.4 Å². The van der Waals surface area contributed by atoms with Crippen LogP contribution < -0.4 is 5.32 Å². The molecule has 1 fully saturated rings. The van der Waals surface area contributed by atoms with E-state index in [1.807, 2.05) is 6.07 Å². The van der Waals surface area contributed by atoms with E-state index in [-0.39, 0.29) is 30.7 Å². The predicted octanol–water partition coefficient (Wildman–Crippen LogP) is 1.59. The van der Waals surface area contributed by atoms with Gasteiger partial charge in [-0.3, -0.25) is 19.3 Å². The molecule has 6 nitrogen and oxygen atoms in total. The Hall–Kier alpha value is -2.21. The Morgan fingerprint density at radius 1 is 1.23 bits per heavy atom. The minimum Gasteiger partial charge on any atom is -0.354 e. The van der Waals surface area contributed by atoms with Crippen LogP contribution in [0.25, 0.3) is 0 Å². The molecular weight excluding hydrogens is 330 g/mol. The summed E-state index contributed by atoms with van der Waals surface area (Å²) in [5, 5.41) is 2.84. The first-order valence-electron chi connectivity index (χ1n) is 9.49. The number of hydrogen-bond acceptors (Lipinski definition) is 4. The quantitative estimate of drug-likeness (QED) is 0.620. The third-order valence-electron chi connectivity index (χ3n) is 5.32. The van der Waals surface area contributed by atoms with E-state index < -0.39 is 0 Å². The van der Waals surface area contributed by atoms with Gasteiger partial charge in [0.2, 0.25) is 11.8 Å². The van der Waals surface area contributed by atoms with Gasteiger partial charge in [0.15, 0.2) is 0 Å². The number of nitrogens with zero attached hydrogens (tertiary/aromatic N) is 2. The van der Waals surface area contributed by atoms with Gasteiger partial charge in [-0.25, -0.2) is 0 Å². The minimum absolute atomic E-state index is 0.169. The molecule has 0 spiro atoms. The summed E-state index contributed by atoms with van der Waals surface area (Å²) < 4.78 is 0. The lowest BCUT2D eigenvalue weighted by Crippen LogP contribution is -2.48. The number of piperidine rings is 1. The van der Waals surface area contributed by atoms with Crippen molar-refractivity contribution in [2.45, 2.75) is 45.1 Å². The number of carbonyl (C=O) groups excluding carboxylic acids is 3. The van der Waals surface area contributed by atoms with Crippen LogP contribution in [0.1, 0.15) is 48.5 Å². The number of imide groups is 1. The molecule has 3 amide bonds. The van der Waals surface area contributed by atoms with Crippen LogP contribution in [-0.2, 0) is 16.0 Å². The molecule has 2 aliphatic heterocycles. The molecule has 26 heavy (non-hydrogen) atoms. The van der Waals surface area contributed by atoms with Gasteiger partial charge in [-0.05, 0) is 44.4 Å². The number of hydrogen-bond donors (Lipinski definition) is 1. The summed E-state index contributed by atoms with van der Waals surface area (Å²) in [6, 6.07) is 7.68. The summed E-state index contributed by atoms with van der Waals surface area (Å²) >= 11 is 0. The second kappa shape index (κ2) is 8.45. The van der Waals surface area contributed by atoms with E-state index in [2.05, 4.69) is 17.1 Å². The van der Waals surface area contributed by atoms with E-state index in [1.54, 1.807) is 18.2 Å². The highest BCUT2D eigenvalue weighted by molar-refractivity contribution is 6.11. The lowest BCUT2D eigenvalue weighted by molar-refractivity contribution is -0.133. The zero-order valence-electron chi connectivity index (χ0n) is 15.4. The first-order chi connectivity index (χ1) is 12.6. The highest BCUT2D eigenvalue weighted by atomic mass is 16.2. The molecule has 1 N–H and O–H groups in total. The normalized spacial score (nSPS) is 20.8. The molecule has 6 heteroatoms. The smallest absolute Gasteiger partial charge is 0.261 e. The molecule has 3 rings (SSSR count). The van der Waals surface area contributed by atoms with Crippen LogP contribution in [0.2, 0.25) is 0 Å². The highest BCUT2D eigenvalue weighted by Crippen LogP contribution is 2.19. The van der Waals surface area contributed by atoms with E-state index in [1.165, 1.54) is 19.3 Å². The van der Waals surface area contributed by atoms with Crippen molar-refractivity contribution >= 4 is 17.7 Å². The fourth-order valence-corrected chi connectivity index (χ4v) is 3.76. The fourth-order valence-electron chi connectivity index (χ4n) is 3.76. The number of rotatable bonds is 6. The number of fused-ring (bicyclic) bond motifs is 1. The summed E-state index contributed by atoms with van der Waals surface area (Å²) in [7, 11) is 0. The average Bonchev–Trinajstić information content (AvgIpc) is 2.63. The third-order valence-corrected chi connectivity index (χ3v) is 5.32. The van der Waals surface area contributed by atoms with E-state index >= 15 is 0 Å². The molecule has 1 atom stereocenters. The minimum atomic E-state index is -0.380. The Balaban J connectivity index is 1.45. The molecule has 2 heterocycles. The van der Waals surface area contributed by atoms with E-state index in [4.69, 9.17) is 0 Å². The summed E-state index contributed by atoms with van der Waals surface area (Å²) in [4.78, 5) is 40.3. The molecule has 0 aromatic heterocycles. The maximum atomic E-state index is 12.5. The molecular formula is C20H27N3O3. The largest absolute Gasteiger partial charge is 0.354 e. The first kappa shape index (κ1) is 18.6. The maximum Gasteiger partial charge on any atom is 0.261 e. The van der Waals surface area contributed by atoms with Gasteiger partial charge in [0, 0.05) is 24.7 Å². The van der Waals surface area contributed by atoms with Crippen LogP contribution in [0.4, 0.5) is 0 Å². The van der Waals surface area contributed by atoms with E-state index in [0.717, 1.165) is 30.0 Å². The summed E-state index contributed by atoms with van der Waals surface area (Å²) in [6.45, 7) is 4.71. The van der Waals surface area contributed by atoms with Crippen LogP contribution in [0, 0.1) is 0 Å². The molecule has 0 aliphatic carbocycles. The molecule has 0 unspecified atom stereocenters. The Morgan fingerprint density at radius 3 is 2.85 bits per heavy atom. The van der Waals surface area contributed by atoms with Crippen molar-refractivity contribution in [1.29, 1.82) is 0 Å². The zero-order valence-corrected chi connectivity index (χ0v) is 15.4. The van der Waals surface area contributed by atoms with Crippen LogP contribution in [0.15, 0.2) is 24.3 Å². The fraction of sp³-hybridized carbons (Fsp3) is 0.550. The standard InChI is InChI=1S/C20H27N3O3/c1-15-7-4-5-11-22(15)12-6-10-21-18(24)14-23-19(25)13-16-8-2-3-9-17(16)20(23)26/h2-3,8-9,15H,4-7,10-14H2,1H3,(H,21,24)/t15-/m1/s1. The van der Waals surface area contributed by atoms with Gasteiger partial charge in [-0.2, -0.15) is 0 Å². The molecule has 0 saturated carbocycles. The van der Waals surface area contributed by atoms with Crippen molar-refractivity contribution in [3.8, 4) is 0 Å². The van der Waals surface area contributed by atoms with Gasteiger partial charge in [0.1, 0.15) is 6.54 Å². The first-order valence-corrected chi connectivity index (χ1v) is 9.49. The second-order valence-corrected chi connectivity index (χ2v) is 7.20. The summed E-state index contributed by atoms with van der Waals surface area (Å²) in [5.74, 6) is -0.974. The SMILES string of the molecule is C[C@@H]1CCCCN1CCCNC(=O)CN1C(=O)Cc2ccccc2C1=O. The number of nitrogens with one attached hydrogen (secondary N) is 1. The van der Waals surface area contributed by atoms with Crippen LogP contribution in [0.5, 0.6) is 0 Å². The summed E-state index contributed by atoms with van der Waals surface area (Å²) in [5.41, 5.74) is 1.24. The monoisotopic (exact) mass is 357 g/mol. The Bertz CT molecular complexity index is 689. The number of likely N-dealkylation sites (tertiary alicyclic amines) is 1. The van der Waals surface area contributed by atoms with Gasteiger partial charge >= 0.3 is 0 Å². The number of benzene rings is 1. The van der Waals surface area contributed by atoms with Crippen molar-refractivity contribution in [3.63, 3.8) is 0 Å². The molecule has 0 radical (unpaired) electrons. The highest BCUT2D eigenvalue weighted by Gasteiger charge is 2.31. The number of carbonyl (C=O) groups is 3. The zero-order chi connectivity index (χ0) is 18.5. The van der Waals surface area contributed by atoms with Crippen LogP contribution in [-0.4, -0.2) is 59.7 Å². The van der Waals surface area contributed by atoms with Gasteiger partial charge in [-0.15, -0.1) is 0 Å². The van der Waals surface area contributed by atoms with Gasteiger partial charge < -0.3 is 10.2 Å². The molecule has 1 aromatic rings. The molecule has 140 valence electrons. The number of amides is 3. The molecule has 1 saturated heterocycles. The van der Waals surface area contributed by atoms with Crippen LogP contribution in [0.3, 0.4) is 0 Å². The van der Waals surface area contributed by atoms with Crippen molar-refractivity contribution in [1.82, 2.24) is 15.1 Å². The van der Waals surface area contributed by atoms with Crippen molar-refractivity contribution in [2.75, 3.05) is 26.2 Å². The third kappa shape index (κ3) is 4.30. The van der Waals surface area contributed by atoms with Gasteiger partial charge in [0.25, 0.3) is 5.91 Å². The lowest BCUT2D eigenvalue weighted by Gasteiger charge is -2.33. The average molecular weight is 357 g/mol. The van der Waals surface area contributed by atoms with Gasteiger partial charge in [-0.1, -0.05) is 24.6 Å². The van der Waals surface area contributed by atoms with Crippen molar-refractivity contribution in [2.24, 2.45) is 0 Å². The second-order valence-electron chi connectivity index (χ2n) is 7.20. The predicted molar refractivity (Wildman–Crippen MR) is 98.7 cm³/mol. The van der Waals surface area contributed by atoms with Gasteiger partial charge in [0.05, 0.1) is 6.42 Å². The van der Waals surface area contributed by atoms with Crippen molar-refractivity contribution < 1.29 is 14.4 Å². The molecule has 2 aliphatic rings. The topological polar surface area (TPSA) is 69.7 Å². The van der Waals surface area contributed by atoms with Crippen LogP contribution >= 0.6 is 0 Å². The Morgan fingerprint density at radius 2 is 2.04 bits per heavy atom. The molecule has 0 bridgehead atoms. The van der Waals surface area contributed by atoms with E-state index in [0.29, 0.717) is 18.2 Å².